The second-order valence-electron chi connectivity index (χ2n) is 9.79. The molecule has 3 rings (SSSR count). The smallest absolute Gasteiger partial charge is 0.0648 e. The highest BCUT2D eigenvalue weighted by Crippen LogP contribution is 2.16. The lowest BCUT2D eigenvalue weighted by atomic mass is 10.1. The van der Waals surface area contributed by atoms with Crippen molar-refractivity contribution in [3.63, 3.8) is 0 Å². The number of para-hydroxylation sites is 1. The quantitative estimate of drug-likeness (QED) is 0.291. The Bertz CT molecular complexity index is 868. The molecule has 1 aromatic heterocycles. The average Bonchev–Trinajstić information content (AvgIpc) is 3.32. The van der Waals surface area contributed by atoms with Crippen LogP contribution in [-0.2, 0) is 12.8 Å². The number of nitrogens with zero attached hydrogens (tertiary/aromatic N) is 2. The first kappa shape index (κ1) is 36.5. The van der Waals surface area contributed by atoms with Gasteiger partial charge in [-0.1, -0.05) is 141 Å². The highest BCUT2D eigenvalue weighted by atomic mass is 15.3. The summed E-state index contributed by atoms with van der Waals surface area (Å²) in [6.07, 6.45) is 8.45. The Morgan fingerprint density at radius 2 is 1.22 bits per heavy atom. The van der Waals surface area contributed by atoms with E-state index in [1.54, 1.807) is 0 Å². The van der Waals surface area contributed by atoms with Gasteiger partial charge in [-0.05, 0) is 57.2 Å². The van der Waals surface area contributed by atoms with E-state index in [0.717, 1.165) is 24.9 Å². The zero-order valence-electron chi connectivity index (χ0n) is 26.0. The van der Waals surface area contributed by atoms with Gasteiger partial charge in [0.1, 0.15) is 0 Å². The zero-order valence-corrected chi connectivity index (χ0v) is 26.0. The van der Waals surface area contributed by atoms with Crippen molar-refractivity contribution in [2.45, 2.75) is 114 Å². The number of rotatable bonds is 7. The number of benzene rings is 2. The fourth-order valence-corrected chi connectivity index (χ4v) is 2.54. The van der Waals surface area contributed by atoms with Gasteiger partial charge in [-0.3, -0.25) is 0 Å². The monoisotopic (exact) mass is 506 g/mol. The fraction of sp³-hybridized carbons (Fsp3) is 0.514. The topological polar surface area (TPSA) is 17.8 Å². The predicted molar refractivity (Wildman–Crippen MR) is 169 cm³/mol. The van der Waals surface area contributed by atoms with Gasteiger partial charge in [0.25, 0.3) is 0 Å². The first-order chi connectivity index (χ1) is 17.7. The summed E-state index contributed by atoms with van der Waals surface area (Å²) in [5, 5.41) is 4.67. The van der Waals surface area contributed by atoms with E-state index in [0.29, 0.717) is 5.92 Å². The van der Waals surface area contributed by atoms with Gasteiger partial charge in [0.05, 0.1) is 11.4 Å². The SMILES string of the molecule is C=C(C)CC.CCCC.CCCC.CCc1cc(CC(C)C)n(-c2ccccc2)n1.Cc1ccccc1. The number of hydrogen-bond acceptors (Lipinski definition) is 1. The molecule has 2 aromatic carbocycles. The van der Waals surface area contributed by atoms with Crippen molar-refractivity contribution >= 4 is 0 Å². The number of hydrogen-bond donors (Lipinski definition) is 0. The number of allylic oxidation sites excluding steroid dienone is 1. The summed E-state index contributed by atoms with van der Waals surface area (Å²) in [7, 11) is 0. The van der Waals surface area contributed by atoms with Crippen LogP contribution < -0.4 is 0 Å². The molecular weight excluding hydrogens is 448 g/mol. The third-order valence-corrected chi connectivity index (χ3v) is 5.36. The van der Waals surface area contributed by atoms with Crippen molar-refractivity contribution in [1.82, 2.24) is 9.78 Å². The van der Waals surface area contributed by atoms with Crippen LogP contribution >= 0.6 is 0 Å². The van der Waals surface area contributed by atoms with Crippen molar-refractivity contribution in [3.8, 4) is 5.69 Å². The maximum Gasteiger partial charge on any atom is 0.0648 e. The molecule has 0 spiro atoms. The van der Waals surface area contributed by atoms with Crippen LogP contribution in [0.4, 0.5) is 0 Å². The van der Waals surface area contributed by atoms with E-state index >= 15 is 0 Å². The van der Waals surface area contributed by atoms with Crippen LogP contribution in [0, 0.1) is 12.8 Å². The molecular formula is C35H58N2. The number of aryl methyl sites for hydroxylation is 2. The second kappa shape index (κ2) is 25.1. The molecule has 208 valence electrons. The van der Waals surface area contributed by atoms with Crippen LogP contribution in [0.5, 0.6) is 0 Å². The number of aromatic nitrogens is 2. The fourth-order valence-electron chi connectivity index (χ4n) is 2.54. The number of unbranched alkanes of at least 4 members (excludes halogenated alkanes) is 2. The van der Waals surface area contributed by atoms with Gasteiger partial charge < -0.3 is 0 Å². The Morgan fingerprint density at radius 1 is 0.784 bits per heavy atom. The summed E-state index contributed by atoms with van der Waals surface area (Å²) in [5.41, 5.74) is 6.21. The highest BCUT2D eigenvalue weighted by molar-refractivity contribution is 5.33. The molecule has 0 aliphatic carbocycles. The first-order valence-corrected chi connectivity index (χ1v) is 14.5. The predicted octanol–water partition coefficient (Wildman–Crippen LogP) is 11.2. The molecule has 2 nitrogen and oxygen atoms in total. The van der Waals surface area contributed by atoms with E-state index in [-0.39, 0.29) is 0 Å². The largest absolute Gasteiger partial charge is 0.238 e. The van der Waals surface area contributed by atoms with Crippen molar-refractivity contribution in [1.29, 1.82) is 0 Å². The zero-order chi connectivity index (χ0) is 28.5. The molecule has 1 heterocycles. The molecule has 0 N–H and O–H groups in total. The molecule has 0 aliphatic heterocycles. The van der Waals surface area contributed by atoms with E-state index < -0.39 is 0 Å². The molecule has 37 heavy (non-hydrogen) atoms. The van der Waals surface area contributed by atoms with E-state index in [2.05, 4.69) is 121 Å². The Labute approximate surface area is 231 Å². The standard InChI is InChI=1S/C15H20N2.C7H8.C5H10.2C4H10/c1-4-13-11-15(10-12(2)3)17(16-13)14-8-6-5-7-9-14;1-7-5-3-2-4-6-7;1-4-5(2)3;2*1-3-4-2/h5-9,11-12H,4,10H2,1-3H3;2-6H,1H3;2,4H2,1,3H3;2*3-4H2,1-2H3. The molecule has 0 radical (unpaired) electrons. The lowest BCUT2D eigenvalue weighted by Crippen LogP contribution is -2.05. The molecule has 0 bridgehead atoms. The third kappa shape index (κ3) is 21.2. The minimum Gasteiger partial charge on any atom is -0.238 e. The summed E-state index contributed by atoms with van der Waals surface area (Å²) in [4.78, 5) is 0. The summed E-state index contributed by atoms with van der Waals surface area (Å²) in [6, 6.07) is 22.9. The van der Waals surface area contributed by atoms with E-state index in [4.69, 9.17) is 0 Å². The molecule has 0 atom stereocenters. The summed E-state index contributed by atoms with van der Waals surface area (Å²) in [5.74, 6) is 0.652. The van der Waals surface area contributed by atoms with Crippen LogP contribution in [0.1, 0.15) is 111 Å². The van der Waals surface area contributed by atoms with Gasteiger partial charge >= 0.3 is 0 Å². The van der Waals surface area contributed by atoms with Gasteiger partial charge in [-0.25, -0.2) is 4.68 Å². The van der Waals surface area contributed by atoms with Crippen LogP contribution in [-0.4, -0.2) is 9.78 Å². The second-order valence-corrected chi connectivity index (χ2v) is 9.79. The maximum atomic E-state index is 4.67. The van der Waals surface area contributed by atoms with Crippen LogP contribution in [0.3, 0.4) is 0 Å². The van der Waals surface area contributed by atoms with Gasteiger partial charge in [0, 0.05) is 5.69 Å². The van der Waals surface area contributed by atoms with Crippen molar-refractivity contribution < 1.29 is 0 Å². The molecule has 3 aromatic rings. The first-order valence-electron chi connectivity index (χ1n) is 14.5. The summed E-state index contributed by atoms with van der Waals surface area (Å²) < 4.78 is 2.08. The Balaban J connectivity index is 0. The van der Waals surface area contributed by atoms with Gasteiger partial charge in [0.2, 0.25) is 0 Å². The Hall–Kier alpha value is -2.61. The maximum absolute atomic E-state index is 4.67. The minimum absolute atomic E-state index is 0.652. The molecule has 0 unspecified atom stereocenters. The third-order valence-electron chi connectivity index (χ3n) is 5.36. The van der Waals surface area contributed by atoms with E-state index in [9.17, 15) is 0 Å². The van der Waals surface area contributed by atoms with E-state index in [1.807, 2.05) is 31.2 Å². The van der Waals surface area contributed by atoms with Crippen molar-refractivity contribution in [3.05, 3.63) is 95.8 Å². The van der Waals surface area contributed by atoms with Crippen LogP contribution in [0.25, 0.3) is 5.69 Å². The van der Waals surface area contributed by atoms with Crippen LogP contribution in [0.2, 0.25) is 0 Å². The summed E-state index contributed by atoms with van der Waals surface area (Å²) in [6.45, 7) is 25.2. The minimum atomic E-state index is 0.652. The molecule has 0 saturated heterocycles. The molecule has 0 aliphatic rings. The Morgan fingerprint density at radius 3 is 1.51 bits per heavy atom. The van der Waals surface area contributed by atoms with Gasteiger partial charge in [-0.15, -0.1) is 6.58 Å². The highest BCUT2D eigenvalue weighted by Gasteiger charge is 2.09. The average molecular weight is 507 g/mol. The Kier molecular flexibility index (Phi) is 24.7. The molecule has 0 saturated carbocycles. The lowest BCUT2D eigenvalue weighted by molar-refractivity contribution is 0.615. The lowest BCUT2D eigenvalue weighted by Gasteiger charge is -2.08. The van der Waals surface area contributed by atoms with Gasteiger partial charge in [-0.2, -0.15) is 5.10 Å². The summed E-state index contributed by atoms with van der Waals surface area (Å²) >= 11 is 0. The van der Waals surface area contributed by atoms with Crippen molar-refractivity contribution in [2.75, 3.05) is 0 Å². The normalized spacial score (nSPS) is 9.38. The van der Waals surface area contributed by atoms with Gasteiger partial charge in [0.15, 0.2) is 0 Å². The van der Waals surface area contributed by atoms with E-state index in [1.165, 1.54) is 48.2 Å². The molecule has 0 amide bonds. The van der Waals surface area contributed by atoms with Crippen LogP contribution in [0.15, 0.2) is 78.9 Å². The molecule has 0 fully saturated rings. The van der Waals surface area contributed by atoms with Crippen molar-refractivity contribution in [2.24, 2.45) is 5.92 Å². The molecule has 2 heteroatoms.